The highest BCUT2D eigenvalue weighted by atomic mass is 19.1. The Morgan fingerprint density at radius 2 is 2.12 bits per heavy atom. The third-order valence-corrected chi connectivity index (χ3v) is 2.03. The predicted molar refractivity (Wildman–Crippen MR) is 59.4 cm³/mol. The van der Waals surface area contributed by atoms with Crippen molar-refractivity contribution in [3.05, 3.63) is 54.1 Å². The second-order valence-corrected chi connectivity index (χ2v) is 3.33. The molecular weight excluding hydrogens is 207 g/mol. The lowest BCUT2D eigenvalue weighted by atomic mass is 10.3. The third-order valence-electron chi connectivity index (χ3n) is 2.03. The van der Waals surface area contributed by atoms with Crippen LogP contribution in [0.4, 0.5) is 10.1 Å². The summed E-state index contributed by atoms with van der Waals surface area (Å²) in [5.41, 5.74) is 6.86. The van der Waals surface area contributed by atoms with Gasteiger partial charge in [0.1, 0.15) is 18.2 Å². The van der Waals surface area contributed by atoms with Crippen molar-refractivity contribution in [3.8, 4) is 5.75 Å². The SMILES string of the molecule is Nc1ccc(COc2cccc(F)c2)nc1. The predicted octanol–water partition coefficient (Wildman–Crippen LogP) is 2.38. The van der Waals surface area contributed by atoms with Crippen molar-refractivity contribution in [1.29, 1.82) is 0 Å². The molecule has 82 valence electrons. The van der Waals surface area contributed by atoms with E-state index in [4.69, 9.17) is 10.5 Å². The topological polar surface area (TPSA) is 48.1 Å². The maximum Gasteiger partial charge on any atom is 0.130 e. The minimum Gasteiger partial charge on any atom is -0.487 e. The van der Waals surface area contributed by atoms with Gasteiger partial charge in [0.05, 0.1) is 17.6 Å². The number of nitrogen functional groups attached to an aromatic ring is 1. The summed E-state index contributed by atoms with van der Waals surface area (Å²) in [7, 11) is 0. The molecular formula is C12H11FN2O. The van der Waals surface area contributed by atoms with Gasteiger partial charge in [-0.05, 0) is 24.3 Å². The van der Waals surface area contributed by atoms with E-state index in [1.807, 2.05) is 0 Å². The van der Waals surface area contributed by atoms with Gasteiger partial charge in [0.15, 0.2) is 0 Å². The Morgan fingerprint density at radius 3 is 2.81 bits per heavy atom. The molecule has 1 heterocycles. The van der Waals surface area contributed by atoms with Gasteiger partial charge in [-0.15, -0.1) is 0 Å². The number of benzene rings is 1. The molecule has 4 heteroatoms. The zero-order valence-electron chi connectivity index (χ0n) is 8.56. The minimum atomic E-state index is -0.317. The van der Waals surface area contributed by atoms with Crippen LogP contribution in [0.2, 0.25) is 0 Å². The van der Waals surface area contributed by atoms with E-state index < -0.39 is 0 Å². The molecule has 0 aliphatic rings. The summed E-state index contributed by atoms with van der Waals surface area (Å²) in [6.07, 6.45) is 1.56. The first-order chi connectivity index (χ1) is 7.74. The van der Waals surface area contributed by atoms with E-state index in [9.17, 15) is 4.39 Å². The molecule has 2 N–H and O–H groups in total. The quantitative estimate of drug-likeness (QED) is 0.860. The van der Waals surface area contributed by atoms with Crippen LogP contribution in [0.15, 0.2) is 42.6 Å². The Hall–Kier alpha value is -2.10. The number of halogens is 1. The summed E-state index contributed by atoms with van der Waals surface area (Å²) in [6.45, 7) is 0.295. The Kier molecular flexibility index (Phi) is 3.00. The molecule has 0 spiro atoms. The molecule has 2 rings (SSSR count). The van der Waals surface area contributed by atoms with Gasteiger partial charge in [-0.3, -0.25) is 4.98 Å². The first kappa shape index (κ1) is 10.4. The van der Waals surface area contributed by atoms with Gasteiger partial charge in [-0.1, -0.05) is 6.07 Å². The lowest BCUT2D eigenvalue weighted by Gasteiger charge is -2.05. The highest BCUT2D eigenvalue weighted by Crippen LogP contribution is 2.13. The molecule has 0 unspecified atom stereocenters. The summed E-state index contributed by atoms with van der Waals surface area (Å²) >= 11 is 0. The van der Waals surface area contributed by atoms with E-state index in [-0.39, 0.29) is 5.82 Å². The van der Waals surface area contributed by atoms with Crippen LogP contribution in [-0.2, 0) is 6.61 Å². The number of anilines is 1. The van der Waals surface area contributed by atoms with Gasteiger partial charge in [-0.2, -0.15) is 0 Å². The minimum absolute atomic E-state index is 0.295. The maximum atomic E-state index is 12.8. The average molecular weight is 218 g/mol. The molecule has 0 atom stereocenters. The van der Waals surface area contributed by atoms with Crippen LogP contribution in [-0.4, -0.2) is 4.98 Å². The summed E-state index contributed by atoms with van der Waals surface area (Å²) in [4.78, 5) is 4.07. The van der Waals surface area contributed by atoms with Crippen LogP contribution in [0.5, 0.6) is 5.75 Å². The average Bonchev–Trinajstić information content (AvgIpc) is 2.28. The molecule has 0 fully saturated rings. The second-order valence-electron chi connectivity index (χ2n) is 3.33. The number of ether oxygens (including phenoxy) is 1. The molecule has 0 bridgehead atoms. The van der Waals surface area contributed by atoms with Gasteiger partial charge in [0.2, 0.25) is 0 Å². The Morgan fingerprint density at radius 1 is 1.25 bits per heavy atom. The zero-order valence-corrected chi connectivity index (χ0v) is 8.56. The van der Waals surface area contributed by atoms with Crippen molar-refractivity contribution in [2.45, 2.75) is 6.61 Å². The lowest BCUT2D eigenvalue weighted by molar-refractivity contribution is 0.300. The number of pyridine rings is 1. The Balaban J connectivity index is 1.99. The van der Waals surface area contributed by atoms with Crippen molar-refractivity contribution in [2.75, 3.05) is 5.73 Å². The number of hydrogen-bond donors (Lipinski definition) is 1. The van der Waals surface area contributed by atoms with Gasteiger partial charge in [0, 0.05) is 6.07 Å². The Labute approximate surface area is 92.7 Å². The van der Waals surface area contributed by atoms with E-state index in [1.54, 1.807) is 30.5 Å². The van der Waals surface area contributed by atoms with E-state index in [0.717, 1.165) is 5.69 Å². The fraction of sp³-hybridized carbons (Fsp3) is 0.0833. The molecule has 1 aromatic heterocycles. The molecule has 0 aliphatic heterocycles. The van der Waals surface area contributed by atoms with Crippen LogP contribution < -0.4 is 10.5 Å². The molecule has 0 radical (unpaired) electrons. The number of aromatic nitrogens is 1. The summed E-state index contributed by atoms with van der Waals surface area (Å²) < 4.78 is 18.2. The number of hydrogen-bond acceptors (Lipinski definition) is 3. The first-order valence-electron chi connectivity index (χ1n) is 4.83. The molecule has 0 aliphatic carbocycles. The standard InChI is InChI=1S/C12H11FN2O/c13-9-2-1-3-12(6-9)16-8-11-5-4-10(14)7-15-11/h1-7H,8,14H2. The van der Waals surface area contributed by atoms with Crippen molar-refractivity contribution in [3.63, 3.8) is 0 Å². The third kappa shape index (κ3) is 2.70. The highest BCUT2D eigenvalue weighted by molar-refractivity contribution is 5.34. The monoisotopic (exact) mass is 218 g/mol. The van der Waals surface area contributed by atoms with Gasteiger partial charge < -0.3 is 10.5 Å². The molecule has 2 aromatic rings. The van der Waals surface area contributed by atoms with Crippen molar-refractivity contribution < 1.29 is 9.13 Å². The van der Waals surface area contributed by atoms with Crippen LogP contribution in [0.25, 0.3) is 0 Å². The van der Waals surface area contributed by atoms with Crippen LogP contribution in [0, 0.1) is 5.82 Å². The molecule has 0 saturated carbocycles. The maximum absolute atomic E-state index is 12.8. The van der Waals surface area contributed by atoms with E-state index >= 15 is 0 Å². The summed E-state index contributed by atoms with van der Waals surface area (Å²) in [5, 5.41) is 0. The number of nitrogens with zero attached hydrogens (tertiary/aromatic N) is 1. The van der Waals surface area contributed by atoms with E-state index in [1.165, 1.54) is 12.1 Å². The number of nitrogens with two attached hydrogens (primary N) is 1. The van der Waals surface area contributed by atoms with Crippen LogP contribution in [0.3, 0.4) is 0 Å². The normalized spacial score (nSPS) is 10.1. The van der Waals surface area contributed by atoms with E-state index in [0.29, 0.717) is 18.0 Å². The lowest BCUT2D eigenvalue weighted by Crippen LogP contribution is -1.98. The first-order valence-corrected chi connectivity index (χ1v) is 4.83. The summed E-state index contributed by atoms with van der Waals surface area (Å²) in [6, 6.07) is 9.51. The number of rotatable bonds is 3. The fourth-order valence-corrected chi connectivity index (χ4v) is 1.24. The molecule has 0 amide bonds. The molecule has 1 aromatic carbocycles. The zero-order chi connectivity index (χ0) is 11.4. The largest absolute Gasteiger partial charge is 0.487 e. The molecule has 0 saturated heterocycles. The van der Waals surface area contributed by atoms with Crippen molar-refractivity contribution in [2.24, 2.45) is 0 Å². The smallest absolute Gasteiger partial charge is 0.130 e. The van der Waals surface area contributed by atoms with Crippen LogP contribution in [0.1, 0.15) is 5.69 Å². The summed E-state index contributed by atoms with van der Waals surface area (Å²) in [5.74, 6) is 0.168. The Bertz CT molecular complexity index is 471. The van der Waals surface area contributed by atoms with Gasteiger partial charge in [-0.25, -0.2) is 4.39 Å². The van der Waals surface area contributed by atoms with Crippen molar-refractivity contribution in [1.82, 2.24) is 4.98 Å². The van der Waals surface area contributed by atoms with Crippen molar-refractivity contribution >= 4 is 5.69 Å². The van der Waals surface area contributed by atoms with Gasteiger partial charge in [0.25, 0.3) is 0 Å². The van der Waals surface area contributed by atoms with Crippen LogP contribution >= 0.6 is 0 Å². The van der Waals surface area contributed by atoms with E-state index in [2.05, 4.69) is 4.98 Å². The fourth-order valence-electron chi connectivity index (χ4n) is 1.24. The second kappa shape index (κ2) is 4.61. The molecule has 16 heavy (non-hydrogen) atoms. The highest BCUT2D eigenvalue weighted by Gasteiger charge is 1.98. The van der Waals surface area contributed by atoms with Gasteiger partial charge >= 0.3 is 0 Å². The molecule has 3 nitrogen and oxygen atoms in total.